The standard InChI is InChI=1S/C40H36N4O4S2/c1-25-12-16-32(30-10-4-2-8-27(25)30)43-23-22-41-37(43)49-40(20-7-21-40)36(47)48-34-24-42-38(50-39(35(45)46)18-6-19-39)44(34)33-17-15-28(26-13-14-26)29-9-3-5-11-31(29)33/h2-5,8-12,15-17,22-24,26H,6-7,13-14,18-21H2,1H3,(H,45,46). The van der Waals surface area contributed by atoms with E-state index in [-0.39, 0.29) is 5.97 Å². The molecule has 4 aromatic carbocycles. The number of thioether (sulfide) groups is 2. The second kappa shape index (κ2) is 12.1. The number of carboxylic acid groups (broad SMARTS) is 1. The van der Waals surface area contributed by atoms with Crippen LogP contribution in [-0.4, -0.2) is 45.6 Å². The minimum absolute atomic E-state index is 0.293. The summed E-state index contributed by atoms with van der Waals surface area (Å²) in [5.41, 5.74) is 4.36. The van der Waals surface area contributed by atoms with Gasteiger partial charge in [0, 0.05) is 23.2 Å². The van der Waals surface area contributed by atoms with E-state index in [1.165, 1.54) is 52.9 Å². The Hall–Kier alpha value is -4.54. The number of nitrogens with zero attached hydrogens (tertiary/aromatic N) is 4. The number of hydrogen-bond acceptors (Lipinski definition) is 7. The van der Waals surface area contributed by atoms with Gasteiger partial charge in [-0.25, -0.2) is 9.97 Å². The average Bonchev–Trinajstić information content (AvgIpc) is 3.71. The molecule has 10 heteroatoms. The molecule has 0 bridgehead atoms. The maximum absolute atomic E-state index is 14.4. The molecule has 0 saturated heterocycles. The number of aromatic nitrogens is 4. The second-order valence-electron chi connectivity index (χ2n) is 13.8. The van der Waals surface area contributed by atoms with Crippen LogP contribution >= 0.6 is 23.5 Å². The van der Waals surface area contributed by atoms with Crippen LogP contribution in [-0.2, 0) is 9.59 Å². The van der Waals surface area contributed by atoms with Gasteiger partial charge in [0.2, 0.25) is 5.88 Å². The number of aryl methyl sites for hydroxylation is 1. The van der Waals surface area contributed by atoms with E-state index in [0.717, 1.165) is 45.5 Å². The quantitative estimate of drug-likeness (QED) is 0.141. The molecule has 3 saturated carbocycles. The first-order valence-electron chi connectivity index (χ1n) is 17.3. The predicted molar refractivity (Wildman–Crippen MR) is 197 cm³/mol. The molecule has 8 nitrogen and oxygen atoms in total. The predicted octanol–water partition coefficient (Wildman–Crippen LogP) is 9.27. The van der Waals surface area contributed by atoms with E-state index in [9.17, 15) is 14.7 Å². The third-order valence-electron chi connectivity index (χ3n) is 10.7. The average molecular weight is 701 g/mol. The molecule has 6 aromatic rings. The normalized spacial score (nSPS) is 17.7. The van der Waals surface area contributed by atoms with Crippen LogP contribution in [0.4, 0.5) is 0 Å². The van der Waals surface area contributed by atoms with Crippen LogP contribution in [0.5, 0.6) is 5.88 Å². The molecule has 252 valence electrons. The number of hydrogen-bond donors (Lipinski definition) is 1. The smallest absolute Gasteiger partial charge is 0.329 e. The first-order chi connectivity index (χ1) is 24.4. The Morgan fingerprint density at radius 1 is 0.780 bits per heavy atom. The Labute approximate surface area is 298 Å². The van der Waals surface area contributed by atoms with Crippen LogP contribution in [0.25, 0.3) is 32.9 Å². The van der Waals surface area contributed by atoms with Gasteiger partial charge in [0.05, 0.1) is 17.6 Å². The van der Waals surface area contributed by atoms with E-state index in [1.807, 2.05) is 22.9 Å². The Bertz CT molecular complexity index is 2320. The molecule has 50 heavy (non-hydrogen) atoms. The number of imidazole rings is 2. The summed E-state index contributed by atoms with van der Waals surface area (Å²) in [4.78, 5) is 36.3. The molecule has 1 N–H and O–H groups in total. The number of carbonyl (C=O) groups excluding carboxylic acids is 1. The highest BCUT2D eigenvalue weighted by atomic mass is 32.2. The molecule has 0 aliphatic heterocycles. The fourth-order valence-electron chi connectivity index (χ4n) is 7.37. The van der Waals surface area contributed by atoms with Crippen molar-refractivity contribution in [1.82, 2.24) is 19.1 Å². The van der Waals surface area contributed by atoms with Gasteiger partial charge < -0.3 is 9.84 Å². The van der Waals surface area contributed by atoms with Gasteiger partial charge in [-0.1, -0.05) is 84.2 Å². The van der Waals surface area contributed by atoms with Crippen molar-refractivity contribution in [1.29, 1.82) is 0 Å². The Morgan fingerprint density at radius 2 is 1.42 bits per heavy atom. The van der Waals surface area contributed by atoms with E-state index in [0.29, 0.717) is 42.6 Å². The molecule has 0 spiro atoms. The van der Waals surface area contributed by atoms with Crippen molar-refractivity contribution in [2.24, 2.45) is 0 Å². The van der Waals surface area contributed by atoms with E-state index >= 15 is 0 Å². The van der Waals surface area contributed by atoms with E-state index in [2.05, 4.69) is 72.2 Å². The number of aliphatic carboxylic acids is 1. The maximum atomic E-state index is 14.4. The molecule has 0 radical (unpaired) electrons. The highest BCUT2D eigenvalue weighted by molar-refractivity contribution is 8.01. The molecule has 3 aliphatic carbocycles. The van der Waals surface area contributed by atoms with E-state index in [1.54, 1.807) is 12.4 Å². The third kappa shape index (κ3) is 5.14. The van der Waals surface area contributed by atoms with E-state index < -0.39 is 15.5 Å². The van der Waals surface area contributed by atoms with Crippen LogP contribution in [0.3, 0.4) is 0 Å². The van der Waals surface area contributed by atoms with Gasteiger partial charge in [-0.05, 0) is 98.2 Å². The first-order valence-corrected chi connectivity index (χ1v) is 18.9. The van der Waals surface area contributed by atoms with Crippen molar-refractivity contribution in [3.8, 4) is 17.3 Å². The van der Waals surface area contributed by atoms with E-state index in [4.69, 9.17) is 14.7 Å². The molecule has 0 amide bonds. The first kappa shape index (κ1) is 31.4. The lowest BCUT2D eigenvalue weighted by molar-refractivity contribution is -0.142. The molecule has 3 aliphatic rings. The number of benzene rings is 4. The summed E-state index contributed by atoms with van der Waals surface area (Å²) in [6, 6.07) is 25.1. The molecule has 3 fully saturated rings. The summed E-state index contributed by atoms with van der Waals surface area (Å²) < 4.78 is 8.54. The van der Waals surface area contributed by atoms with Crippen LogP contribution < -0.4 is 4.74 Å². The third-order valence-corrected chi connectivity index (χ3v) is 13.6. The molecular weight excluding hydrogens is 665 g/mol. The largest absolute Gasteiger partial charge is 0.480 e. The number of fused-ring (bicyclic) bond motifs is 2. The van der Waals surface area contributed by atoms with Crippen molar-refractivity contribution in [3.63, 3.8) is 0 Å². The molecule has 2 aromatic heterocycles. The van der Waals surface area contributed by atoms with Crippen molar-refractivity contribution < 1.29 is 19.4 Å². The lowest BCUT2D eigenvalue weighted by Gasteiger charge is -2.38. The lowest BCUT2D eigenvalue weighted by atomic mass is 9.84. The molecular formula is C40H36N4O4S2. The van der Waals surface area contributed by atoms with Crippen LogP contribution in [0.15, 0.2) is 102 Å². The topological polar surface area (TPSA) is 99.2 Å². The maximum Gasteiger partial charge on any atom is 0.329 e. The summed E-state index contributed by atoms with van der Waals surface area (Å²) in [5.74, 6) is -0.335. The minimum Gasteiger partial charge on any atom is -0.480 e. The van der Waals surface area contributed by atoms with Gasteiger partial charge in [-0.2, -0.15) is 0 Å². The van der Waals surface area contributed by atoms with Gasteiger partial charge in [-0.3, -0.25) is 18.7 Å². The van der Waals surface area contributed by atoms with Gasteiger partial charge in [0.1, 0.15) is 9.49 Å². The Balaban J connectivity index is 1.09. The number of rotatable bonds is 10. The fraction of sp³-hybridized carbons (Fsp3) is 0.300. The SMILES string of the molecule is Cc1ccc(-n2ccnc2SC2(C(=O)Oc3cnc(SC4(C(=O)O)CCC4)n3-c3ccc(C4CC4)c4ccccc34)CCC2)c2ccccc12. The number of carbonyl (C=O) groups is 2. The zero-order valence-electron chi connectivity index (χ0n) is 27.7. The minimum atomic E-state index is -0.948. The van der Waals surface area contributed by atoms with Crippen molar-refractivity contribution in [2.75, 3.05) is 0 Å². The summed E-state index contributed by atoms with van der Waals surface area (Å²) in [5, 5.41) is 16.0. The highest BCUT2D eigenvalue weighted by Crippen LogP contribution is 2.51. The second-order valence-corrected chi connectivity index (χ2v) is 16.5. The summed E-state index contributed by atoms with van der Waals surface area (Å²) in [6.07, 6.45) is 11.9. The summed E-state index contributed by atoms with van der Waals surface area (Å²) in [6.45, 7) is 2.11. The Kier molecular flexibility index (Phi) is 7.58. The van der Waals surface area contributed by atoms with Crippen LogP contribution in [0.1, 0.15) is 68.4 Å². The van der Waals surface area contributed by atoms with Crippen LogP contribution in [0, 0.1) is 6.92 Å². The monoisotopic (exact) mass is 700 g/mol. The zero-order chi connectivity index (χ0) is 34.0. The Morgan fingerprint density at radius 3 is 2.08 bits per heavy atom. The number of ether oxygens (including phenoxy) is 1. The van der Waals surface area contributed by atoms with Crippen molar-refractivity contribution >= 4 is 57.0 Å². The molecule has 9 rings (SSSR count). The zero-order valence-corrected chi connectivity index (χ0v) is 29.3. The number of esters is 1. The lowest BCUT2D eigenvalue weighted by Crippen LogP contribution is -2.45. The van der Waals surface area contributed by atoms with Crippen molar-refractivity contribution in [2.45, 2.75) is 84.0 Å². The number of carboxylic acids is 1. The van der Waals surface area contributed by atoms with Crippen molar-refractivity contribution in [3.05, 3.63) is 103 Å². The fourth-order valence-corrected chi connectivity index (χ4v) is 10.0. The van der Waals surface area contributed by atoms with Gasteiger partial charge in [0.25, 0.3) is 0 Å². The summed E-state index contributed by atoms with van der Waals surface area (Å²) >= 11 is 2.72. The van der Waals surface area contributed by atoms with Gasteiger partial charge >= 0.3 is 11.9 Å². The summed E-state index contributed by atoms with van der Waals surface area (Å²) in [7, 11) is 0. The molecule has 2 heterocycles. The van der Waals surface area contributed by atoms with Crippen LogP contribution in [0.2, 0.25) is 0 Å². The van der Waals surface area contributed by atoms with Gasteiger partial charge in [0.15, 0.2) is 10.3 Å². The highest BCUT2D eigenvalue weighted by Gasteiger charge is 2.49. The van der Waals surface area contributed by atoms with Gasteiger partial charge in [-0.15, -0.1) is 0 Å². The molecule has 0 unspecified atom stereocenters. The molecule has 0 atom stereocenters.